The molecule has 0 bridgehead atoms. The van der Waals surface area contributed by atoms with E-state index in [2.05, 4.69) is 20.4 Å². The van der Waals surface area contributed by atoms with Crippen LogP contribution in [0, 0.1) is 5.92 Å². The van der Waals surface area contributed by atoms with E-state index in [1.54, 1.807) is 6.07 Å². The molecule has 178 valence electrons. The van der Waals surface area contributed by atoms with Crippen LogP contribution in [-0.4, -0.2) is 40.1 Å². The highest BCUT2D eigenvalue weighted by molar-refractivity contribution is 6.33. The summed E-state index contributed by atoms with van der Waals surface area (Å²) in [7, 11) is 0. The third-order valence-corrected chi connectivity index (χ3v) is 6.96. The van der Waals surface area contributed by atoms with Crippen molar-refractivity contribution in [2.75, 3.05) is 18.4 Å². The standard InChI is InChI=1S/C26H29ClN4O3/c27-23-8-4-3-7-22(23)25-29-24(34-30-25)17-31-15-13-18(14-16-31)26(32)28-19-9-11-21(12-10-19)33-20-5-1-2-6-20/h3-4,7-12,18,20H,1-2,5-6,13-17H2,(H,28,32). The number of hydrogen-bond acceptors (Lipinski definition) is 6. The first-order chi connectivity index (χ1) is 16.6. The summed E-state index contributed by atoms with van der Waals surface area (Å²) in [4.78, 5) is 19.5. The highest BCUT2D eigenvalue weighted by atomic mass is 35.5. The molecule has 3 aromatic rings. The van der Waals surface area contributed by atoms with Crippen LogP contribution in [0.3, 0.4) is 0 Å². The number of piperidine rings is 1. The number of carbonyl (C=O) groups is 1. The average molecular weight is 481 g/mol. The molecule has 1 saturated heterocycles. The summed E-state index contributed by atoms with van der Waals surface area (Å²) in [6.45, 7) is 2.17. The molecular weight excluding hydrogens is 452 g/mol. The Morgan fingerprint density at radius 1 is 1.06 bits per heavy atom. The molecule has 2 fully saturated rings. The van der Waals surface area contributed by atoms with E-state index in [0.717, 1.165) is 55.8 Å². The van der Waals surface area contributed by atoms with Gasteiger partial charge in [-0.2, -0.15) is 4.98 Å². The number of benzene rings is 2. The van der Waals surface area contributed by atoms with E-state index >= 15 is 0 Å². The molecule has 5 rings (SSSR count). The summed E-state index contributed by atoms with van der Waals surface area (Å²) in [5.41, 5.74) is 1.57. The van der Waals surface area contributed by atoms with Crippen LogP contribution in [0.25, 0.3) is 11.4 Å². The van der Waals surface area contributed by atoms with E-state index < -0.39 is 0 Å². The lowest BCUT2D eigenvalue weighted by Gasteiger charge is -2.30. The van der Waals surface area contributed by atoms with Crippen molar-refractivity contribution in [3.05, 3.63) is 59.4 Å². The van der Waals surface area contributed by atoms with Crippen LogP contribution in [-0.2, 0) is 11.3 Å². The molecular formula is C26H29ClN4O3. The van der Waals surface area contributed by atoms with Gasteiger partial charge in [-0.05, 0) is 88.0 Å². The molecule has 0 atom stereocenters. The van der Waals surface area contributed by atoms with Crippen LogP contribution in [0.5, 0.6) is 5.75 Å². The van der Waals surface area contributed by atoms with Gasteiger partial charge in [-0.3, -0.25) is 9.69 Å². The van der Waals surface area contributed by atoms with E-state index in [-0.39, 0.29) is 11.8 Å². The van der Waals surface area contributed by atoms with E-state index in [9.17, 15) is 4.79 Å². The maximum atomic E-state index is 12.8. The first-order valence-corrected chi connectivity index (χ1v) is 12.4. The molecule has 1 aliphatic heterocycles. The minimum absolute atomic E-state index is 0.00737. The van der Waals surface area contributed by atoms with Crippen molar-refractivity contribution >= 4 is 23.2 Å². The zero-order valence-corrected chi connectivity index (χ0v) is 19.8. The molecule has 1 N–H and O–H groups in total. The van der Waals surface area contributed by atoms with Gasteiger partial charge in [0.15, 0.2) is 0 Å². The molecule has 1 aliphatic carbocycles. The van der Waals surface area contributed by atoms with E-state index in [1.165, 1.54) is 12.8 Å². The quantitative estimate of drug-likeness (QED) is 0.476. The number of amides is 1. The largest absolute Gasteiger partial charge is 0.490 e. The highest BCUT2D eigenvalue weighted by Crippen LogP contribution is 2.27. The number of aromatic nitrogens is 2. The Hall–Kier alpha value is -2.90. The topological polar surface area (TPSA) is 80.5 Å². The van der Waals surface area contributed by atoms with Gasteiger partial charge >= 0.3 is 0 Å². The average Bonchev–Trinajstić information content (AvgIpc) is 3.53. The van der Waals surface area contributed by atoms with Gasteiger partial charge in [-0.25, -0.2) is 0 Å². The van der Waals surface area contributed by atoms with Crippen molar-refractivity contribution in [2.45, 2.75) is 51.2 Å². The maximum Gasteiger partial charge on any atom is 0.241 e. The van der Waals surface area contributed by atoms with Gasteiger partial charge in [0.2, 0.25) is 17.6 Å². The third kappa shape index (κ3) is 5.59. The number of nitrogens with zero attached hydrogens (tertiary/aromatic N) is 3. The van der Waals surface area contributed by atoms with Gasteiger partial charge in [-0.1, -0.05) is 28.9 Å². The molecule has 1 aromatic heterocycles. The van der Waals surface area contributed by atoms with E-state index in [1.807, 2.05) is 42.5 Å². The van der Waals surface area contributed by atoms with Crippen molar-refractivity contribution in [2.24, 2.45) is 5.92 Å². The Morgan fingerprint density at radius 3 is 2.53 bits per heavy atom. The first kappa shape index (κ1) is 22.9. The number of rotatable bonds is 7. The fraction of sp³-hybridized carbons (Fsp3) is 0.423. The molecule has 2 aliphatic rings. The van der Waals surface area contributed by atoms with Crippen molar-refractivity contribution in [1.82, 2.24) is 15.0 Å². The van der Waals surface area contributed by atoms with Crippen LogP contribution in [0.2, 0.25) is 5.02 Å². The smallest absolute Gasteiger partial charge is 0.241 e. The normalized spacial score (nSPS) is 17.7. The van der Waals surface area contributed by atoms with Gasteiger partial charge in [-0.15, -0.1) is 0 Å². The van der Waals surface area contributed by atoms with Crippen LogP contribution in [0.15, 0.2) is 53.1 Å². The van der Waals surface area contributed by atoms with Crippen molar-refractivity contribution in [3.8, 4) is 17.1 Å². The predicted molar refractivity (Wildman–Crippen MR) is 131 cm³/mol. The Bertz CT molecular complexity index is 1100. The molecule has 34 heavy (non-hydrogen) atoms. The summed E-state index contributed by atoms with van der Waals surface area (Å²) in [6, 6.07) is 15.2. The highest BCUT2D eigenvalue weighted by Gasteiger charge is 2.26. The zero-order chi connectivity index (χ0) is 23.3. The summed E-state index contributed by atoms with van der Waals surface area (Å²) in [5, 5.41) is 7.72. The number of halogens is 1. The predicted octanol–water partition coefficient (Wildman–Crippen LogP) is 5.56. The number of hydrogen-bond donors (Lipinski definition) is 1. The van der Waals surface area contributed by atoms with Crippen LogP contribution >= 0.6 is 11.6 Å². The van der Waals surface area contributed by atoms with E-state index in [0.29, 0.717) is 29.4 Å². The molecule has 0 spiro atoms. The molecule has 1 saturated carbocycles. The second-order valence-corrected chi connectivity index (χ2v) is 9.49. The van der Waals surface area contributed by atoms with Gasteiger partial charge < -0.3 is 14.6 Å². The number of likely N-dealkylation sites (tertiary alicyclic amines) is 1. The monoisotopic (exact) mass is 480 g/mol. The van der Waals surface area contributed by atoms with Gasteiger partial charge in [0.05, 0.1) is 17.7 Å². The minimum Gasteiger partial charge on any atom is -0.490 e. The summed E-state index contributed by atoms with van der Waals surface area (Å²) in [6.07, 6.45) is 6.67. The first-order valence-electron chi connectivity index (χ1n) is 12.0. The molecule has 0 radical (unpaired) electrons. The second kappa shape index (κ2) is 10.6. The summed E-state index contributed by atoms with van der Waals surface area (Å²) < 4.78 is 11.4. The zero-order valence-electron chi connectivity index (χ0n) is 19.1. The lowest BCUT2D eigenvalue weighted by molar-refractivity contribution is -0.121. The molecule has 8 heteroatoms. The molecule has 1 amide bonds. The molecule has 7 nitrogen and oxygen atoms in total. The third-order valence-electron chi connectivity index (χ3n) is 6.63. The van der Waals surface area contributed by atoms with Gasteiger partial charge in [0.1, 0.15) is 5.75 Å². The lowest BCUT2D eigenvalue weighted by atomic mass is 9.96. The number of carbonyl (C=O) groups excluding carboxylic acids is 1. The molecule has 2 aromatic carbocycles. The van der Waals surface area contributed by atoms with Crippen LogP contribution < -0.4 is 10.1 Å². The number of ether oxygens (including phenoxy) is 1. The van der Waals surface area contributed by atoms with Crippen molar-refractivity contribution in [3.63, 3.8) is 0 Å². The molecule has 2 heterocycles. The maximum absolute atomic E-state index is 12.8. The summed E-state index contributed by atoms with van der Waals surface area (Å²) in [5.74, 6) is 1.99. The second-order valence-electron chi connectivity index (χ2n) is 9.08. The summed E-state index contributed by atoms with van der Waals surface area (Å²) >= 11 is 6.23. The Kier molecular flexibility index (Phi) is 7.11. The van der Waals surface area contributed by atoms with Crippen LogP contribution in [0.4, 0.5) is 5.69 Å². The number of nitrogens with one attached hydrogen (secondary N) is 1. The minimum atomic E-state index is -0.00737. The molecule has 0 unspecified atom stereocenters. The van der Waals surface area contributed by atoms with E-state index in [4.69, 9.17) is 20.9 Å². The van der Waals surface area contributed by atoms with Crippen molar-refractivity contribution in [1.29, 1.82) is 0 Å². The lowest BCUT2D eigenvalue weighted by Crippen LogP contribution is -2.37. The van der Waals surface area contributed by atoms with Gasteiger partial charge in [0.25, 0.3) is 0 Å². The van der Waals surface area contributed by atoms with Gasteiger partial charge in [0, 0.05) is 17.2 Å². The Balaban J connectivity index is 1.09. The number of anilines is 1. The Morgan fingerprint density at radius 2 is 1.79 bits per heavy atom. The van der Waals surface area contributed by atoms with Crippen LogP contribution in [0.1, 0.15) is 44.4 Å². The Labute approximate surface area is 204 Å². The fourth-order valence-corrected chi connectivity index (χ4v) is 4.90. The fourth-order valence-electron chi connectivity index (χ4n) is 4.68. The van der Waals surface area contributed by atoms with Crippen molar-refractivity contribution < 1.29 is 14.1 Å². The SMILES string of the molecule is O=C(Nc1ccc(OC2CCCC2)cc1)C1CCN(Cc2nc(-c3ccccc3Cl)no2)CC1.